The fraction of sp³-hybridized carbons (Fsp3) is 0.409. The van der Waals surface area contributed by atoms with E-state index in [0.29, 0.717) is 37.7 Å². The van der Waals surface area contributed by atoms with E-state index in [1.54, 1.807) is 5.01 Å². The maximum Gasteiger partial charge on any atom is 0.429 e. The number of nitrogens with zero attached hydrogens (tertiary/aromatic N) is 3. The Bertz CT molecular complexity index is 788. The number of carbonyl (C=O) groups excluding carboxylic acids is 1. The lowest BCUT2D eigenvalue weighted by atomic mass is 10.1. The van der Waals surface area contributed by atoms with E-state index in [2.05, 4.69) is 36.1 Å². The van der Waals surface area contributed by atoms with Crippen LogP contribution in [0.2, 0.25) is 0 Å². The van der Waals surface area contributed by atoms with E-state index in [1.807, 2.05) is 43.1 Å². The van der Waals surface area contributed by atoms with Crippen LogP contribution in [-0.2, 0) is 4.74 Å². The summed E-state index contributed by atoms with van der Waals surface area (Å²) in [7, 11) is 0. The highest BCUT2D eigenvalue weighted by atomic mass is 16.6. The van der Waals surface area contributed by atoms with Gasteiger partial charge in [-0.05, 0) is 44.5 Å². The van der Waals surface area contributed by atoms with Crippen molar-refractivity contribution >= 4 is 17.5 Å². The number of para-hydroxylation sites is 3. The summed E-state index contributed by atoms with van der Waals surface area (Å²) >= 11 is 0. The number of hydrogen-bond acceptors (Lipinski definition) is 5. The molecule has 0 aromatic heterocycles. The van der Waals surface area contributed by atoms with Crippen LogP contribution in [0.15, 0.2) is 48.5 Å². The maximum atomic E-state index is 12.8. The second kappa shape index (κ2) is 9.46. The molecular weight excluding hydrogens is 354 g/mol. The molecule has 0 saturated carbocycles. The largest absolute Gasteiger partial charge is 0.492 e. The maximum absolute atomic E-state index is 12.8. The van der Waals surface area contributed by atoms with E-state index in [1.165, 1.54) is 11.3 Å². The van der Waals surface area contributed by atoms with Crippen LogP contribution in [0.3, 0.4) is 0 Å². The first-order chi connectivity index (χ1) is 13.7. The van der Waals surface area contributed by atoms with E-state index < -0.39 is 0 Å². The summed E-state index contributed by atoms with van der Waals surface area (Å²) in [4.78, 5) is 15.2. The molecule has 6 nitrogen and oxygen atoms in total. The predicted molar refractivity (Wildman–Crippen MR) is 112 cm³/mol. The molecule has 0 aliphatic carbocycles. The molecule has 0 unspecified atom stereocenters. The second-order valence-corrected chi connectivity index (χ2v) is 6.64. The van der Waals surface area contributed by atoms with E-state index in [-0.39, 0.29) is 6.09 Å². The minimum Gasteiger partial charge on any atom is -0.492 e. The van der Waals surface area contributed by atoms with Gasteiger partial charge in [0.15, 0.2) is 0 Å². The Labute approximate surface area is 167 Å². The predicted octanol–water partition coefficient (Wildman–Crippen LogP) is 4.09. The molecule has 2 aromatic carbocycles. The summed E-state index contributed by atoms with van der Waals surface area (Å²) in [5.41, 5.74) is 3.23. The number of ether oxygens (including phenoxy) is 2. The Morgan fingerprint density at radius 3 is 2.32 bits per heavy atom. The Balaban J connectivity index is 1.81. The average Bonchev–Trinajstić information content (AvgIpc) is 2.71. The molecule has 1 fully saturated rings. The topological polar surface area (TPSA) is 45.2 Å². The first-order valence-electron chi connectivity index (χ1n) is 9.89. The molecule has 150 valence electrons. The zero-order chi connectivity index (χ0) is 19.9. The molecule has 1 saturated heterocycles. The number of piperazine rings is 1. The van der Waals surface area contributed by atoms with Gasteiger partial charge in [-0.2, -0.15) is 0 Å². The summed E-state index contributed by atoms with van der Waals surface area (Å²) in [6, 6.07) is 16.0. The molecule has 1 aliphatic heterocycles. The third kappa shape index (κ3) is 4.39. The SMILES string of the molecule is CCOC(=O)N(c1ccccc1OCC)N1CCN(c2ccccc2C)CC1. The number of hydrazine groups is 1. The fourth-order valence-corrected chi connectivity index (χ4v) is 3.52. The van der Waals surface area contributed by atoms with Gasteiger partial charge in [-0.1, -0.05) is 30.3 Å². The highest BCUT2D eigenvalue weighted by Gasteiger charge is 2.30. The van der Waals surface area contributed by atoms with Gasteiger partial charge < -0.3 is 14.4 Å². The van der Waals surface area contributed by atoms with Crippen molar-refractivity contribution < 1.29 is 14.3 Å². The van der Waals surface area contributed by atoms with Crippen molar-refractivity contribution in [3.8, 4) is 5.75 Å². The van der Waals surface area contributed by atoms with Crippen molar-refractivity contribution in [3.63, 3.8) is 0 Å². The molecule has 0 atom stereocenters. The number of aryl methyl sites for hydroxylation is 1. The van der Waals surface area contributed by atoms with Gasteiger partial charge in [-0.3, -0.25) is 0 Å². The number of hydrogen-bond donors (Lipinski definition) is 0. The van der Waals surface area contributed by atoms with Crippen LogP contribution in [0.1, 0.15) is 19.4 Å². The minimum atomic E-state index is -0.376. The fourth-order valence-electron chi connectivity index (χ4n) is 3.52. The van der Waals surface area contributed by atoms with Gasteiger partial charge in [0, 0.05) is 31.9 Å². The molecule has 1 heterocycles. The summed E-state index contributed by atoms with van der Waals surface area (Å²) in [5, 5.41) is 3.67. The summed E-state index contributed by atoms with van der Waals surface area (Å²) in [6.07, 6.45) is -0.376. The Kier molecular flexibility index (Phi) is 6.76. The van der Waals surface area contributed by atoms with Crippen molar-refractivity contribution in [2.45, 2.75) is 20.8 Å². The van der Waals surface area contributed by atoms with Crippen molar-refractivity contribution in [2.75, 3.05) is 49.3 Å². The van der Waals surface area contributed by atoms with Crippen molar-refractivity contribution in [3.05, 3.63) is 54.1 Å². The van der Waals surface area contributed by atoms with Gasteiger partial charge in [0.05, 0.1) is 13.2 Å². The minimum absolute atomic E-state index is 0.329. The first kappa shape index (κ1) is 20.0. The van der Waals surface area contributed by atoms with Gasteiger partial charge in [0.25, 0.3) is 0 Å². The molecule has 1 aliphatic rings. The highest BCUT2D eigenvalue weighted by molar-refractivity contribution is 5.88. The number of carbonyl (C=O) groups is 1. The lowest BCUT2D eigenvalue weighted by Crippen LogP contribution is -2.56. The number of rotatable bonds is 6. The zero-order valence-corrected chi connectivity index (χ0v) is 16.9. The van der Waals surface area contributed by atoms with E-state index in [9.17, 15) is 4.79 Å². The smallest absolute Gasteiger partial charge is 0.429 e. The van der Waals surface area contributed by atoms with Crippen molar-refractivity contribution in [1.82, 2.24) is 5.01 Å². The Morgan fingerprint density at radius 1 is 0.964 bits per heavy atom. The molecule has 3 rings (SSSR count). The van der Waals surface area contributed by atoms with Gasteiger partial charge >= 0.3 is 6.09 Å². The molecule has 0 N–H and O–H groups in total. The third-order valence-electron chi connectivity index (χ3n) is 4.83. The summed E-state index contributed by atoms with van der Waals surface area (Å²) < 4.78 is 11.1. The normalized spacial score (nSPS) is 14.6. The second-order valence-electron chi connectivity index (χ2n) is 6.64. The third-order valence-corrected chi connectivity index (χ3v) is 4.83. The Hall–Kier alpha value is -2.73. The van der Waals surface area contributed by atoms with Crippen LogP contribution in [0.5, 0.6) is 5.75 Å². The van der Waals surface area contributed by atoms with Crippen LogP contribution >= 0.6 is 0 Å². The summed E-state index contributed by atoms with van der Waals surface area (Å²) in [6.45, 7) is 9.85. The first-order valence-corrected chi connectivity index (χ1v) is 9.89. The zero-order valence-electron chi connectivity index (χ0n) is 16.9. The average molecular weight is 383 g/mol. The van der Waals surface area contributed by atoms with Gasteiger partial charge in [0.1, 0.15) is 11.4 Å². The quantitative estimate of drug-likeness (QED) is 0.752. The molecule has 0 radical (unpaired) electrons. The lowest BCUT2D eigenvalue weighted by molar-refractivity contribution is 0.130. The number of amides is 1. The Morgan fingerprint density at radius 2 is 1.64 bits per heavy atom. The number of benzene rings is 2. The monoisotopic (exact) mass is 383 g/mol. The van der Waals surface area contributed by atoms with E-state index in [0.717, 1.165) is 13.1 Å². The lowest BCUT2D eigenvalue weighted by Gasteiger charge is -2.41. The van der Waals surface area contributed by atoms with Gasteiger partial charge in [-0.15, -0.1) is 0 Å². The number of anilines is 2. The van der Waals surface area contributed by atoms with E-state index in [4.69, 9.17) is 9.47 Å². The molecule has 0 spiro atoms. The van der Waals surface area contributed by atoms with Crippen LogP contribution < -0.4 is 14.6 Å². The van der Waals surface area contributed by atoms with E-state index >= 15 is 0 Å². The molecule has 0 bridgehead atoms. The van der Waals surface area contributed by atoms with Gasteiger partial charge in [0.2, 0.25) is 0 Å². The molecule has 1 amide bonds. The van der Waals surface area contributed by atoms with Crippen molar-refractivity contribution in [1.29, 1.82) is 0 Å². The van der Waals surface area contributed by atoms with Gasteiger partial charge in [-0.25, -0.2) is 14.8 Å². The molecule has 6 heteroatoms. The summed E-state index contributed by atoms with van der Waals surface area (Å²) in [5.74, 6) is 0.680. The van der Waals surface area contributed by atoms with Crippen LogP contribution in [0.25, 0.3) is 0 Å². The molecule has 28 heavy (non-hydrogen) atoms. The van der Waals surface area contributed by atoms with Crippen LogP contribution in [0, 0.1) is 6.92 Å². The van der Waals surface area contributed by atoms with Crippen LogP contribution in [-0.4, -0.2) is 50.5 Å². The van der Waals surface area contributed by atoms with Crippen molar-refractivity contribution in [2.24, 2.45) is 0 Å². The van der Waals surface area contributed by atoms with Crippen LogP contribution in [0.4, 0.5) is 16.2 Å². The molecule has 2 aromatic rings. The molecular formula is C22H29N3O3. The standard InChI is InChI=1S/C22H29N3O3/c1-4-27-21-13-9-8-12-20(21)25(22(26)28-5-2)24-16-14-23(15-17-24)19-11-7-6-10-18(19)3/h6-13H,4-5,14-17H2,1-3H3. The highest BCUT2D eigenvalue weighted by Crippen LogP contribution is 2.31.